The second kappa shape index (κ2) is 6.94. The van der Waals surface area contributed by atoms with Crippen molar-refractivity contribution in [2.24, 2.45) is 0 Å². The van der Waals surface area contributed by atoms with E-state index in [-0.39, 0.29) is 0 Å². The fraction of sp³-hybridized carbons (Fsp3) is 0.500. The molecule has 2 heterocycles. The second-order valence-electron chi connectivity index (χ2n) is 6.39. The Labute approximate surface area is 138 Å². The van der Waals surface area contributed by atoms with Crippen molar-refractivity contribution in [1.82, 2.24) is 15.2 Å². The number of benzene rings is 1. The lowest BCUT2D eigenvalue weighted by atomic mass is 10.0. The molecule has 0 saturated carbocycles. The number of piperidine rings is 1. The van der Waals surface area contributed by atoms with Crippen LogP contribution < -0.4 is 10.2 Å². The molecule has 1 aliphatic heterocycles. The number of nitrogens with zero attached hydrogens (tertiary/aromatic N) is 4. The Balaban J connectivity index is 1.81. The first-order chi connectivity index (χ1) is 11.2. The van der Waals surface area contributed by atoms with E-state index in [9.17, 15) is 0 Å². The lowest BCUT2D eigenvalue weighted by Gasteiger charge is -2.34. The third kappa shape index (κ3) is 3.78. The maximum atomic E-state index is 4.69. The summed E-state index contributed by atoms with van der Waals surface area (Å²) in [6.07, 6.45) is 6.52. The Bertz CT molecular complexity index is 650. The lowest BCUT2D eigenvalue weighted by Crippen LogP contribution is -2.40. The van der Waals surface area contributed by atoms with Crippen molar-refractivity contribution in [1.29, 1.82) is 0 Å². The maximum absolute atomic E-state index is 4.69. The molecule has 5 nitrogen and oxygen atoms in total. The first kappa shape index (κ1) is 15.7. The minimum Gasteiger partial charge on any atom is -0.339 e. The summed E-state index contributed by atoms with van der Waals surface area (Å²) in [5.41, 5.74) is 3.51. The monoisotopic (exact) mass is 311 g/mol. The molecular formula is C18H25N5. The molecule has 5 heteroatoms. The van der Waals surface area contributed by atoms with Crippen LogP contribution >= 0.6 is 0 Å². The van der Waals surface area contributed by atoms with Crippen LogP contribution in [0.5, 0.6) is 0 Å². The zero-order valence-corrected chi connectivity index (χ0v) is 14.2. The molecule has 2 aromatic rings. The van der Waals surface area contributed by atoms with Gasteiger partial charge in [0.2, 0.25) is 5.95 Å². The number of nitrogens with one attached hydrogen (secondary N) is 1. The number of aryl methyl sites for hydroxylation is 2. The van der Waals surface area contributed by atoms with E-state index in [1.807, 2.05) is 0 Å². The van der Waals surface area contributed by atoms with Crippen LogP contribution in [0.4, 0.5) is 17.5 Å². The standard InChI is InChI=1S/C18H25N5/c1-4-16-7-5-6-8-23(16)18-21-17(12-19-22-18)20-15-10-13(2)9-14(3)11-15/h9-12,16H,4-8H2,1-3H3,(H,20,21,22). The summed E-state index contributed by atoms with van der Waals surface area (Å²) >= 11 is 0. The summed E-state index contributed by atoms with van der Waals surface area (Å²) in [5.74, 6) is 1.49. The van der Waals surface area contributed by atoms with Gasteiger partial charge in [-0.05, 0) is 62.8 Å². The number of aromatic nitrogens is 3. The normalized spacial score (nSPS) is 18.0. The molecule has 0 spiro atoms. The largest absolute Gasteiger partial charge is 0.339 e. The van der Waals surface area contributed by atoms with Gasteiger partial charge in [-0.15, -0.1) is 5.10 Å². The highest BCUT2D eigenvalue weighted by Gasteiger charge is 2.23. The highest BCUT2D eigenvalue weighted by molar-refractivity contribution is 5.58. The molecule has 1 N–H and O–H groups in total. The summed E-state index contributed by atoms with van der Waals surface area (Å²) in [5, 5.41) is 11.8. The molecule has 3 rings (SSSR count). The summed E-state index contributed by atoms with van der Waals surface area (Å²) in [6.45, 7) is 7.45. The van der Waals surface area contributed by atoms with Crippen molar-refractivity contribution in [2.75, 3.05) is 16.8 Å². The summed E-state index contributed by atoms with van der Waals surface area (Å²) < 4.78 is 0. The van der Waals surface area contributed by atoms with E-state index in [1.54, 1.807) is 6.20 Å². The van der Waals surface area contributed by atoms with Gasteiger partial charge in [0.1, 0.15) is 0 Å². The van der Waals surface area contributed by atoms with Crippen LogP contribution in [-0.4, -0.2) is 27.8 Å². The molecule has 1 aliphatic rings. The number of hydrogen-bond donors (Lipinski definition) is 1. The van der Waals surface area contributed by atoms with Gasteiger partial charge in [0.05, 0.1) is 6.20 Å². The van der Waals surface area contributed by atoms with E-state index in [0.717, 1.165) is 30.4 Å². The molecule has 1 saturated heterocycles. The van der Waals surface area contributed by atoms with E-state index >= 15 is 0 Å². The Morgan fingerprint density at radius 2 is 1.96 bits per heavy atom. The highest BCUT2D eigenvalue weighted by atomic mass is 15.3. The van der Waals surface area contributed by atoms with E-state index in [4.69, 9.17) is 4.98 Å². The van der Waals surface area contributed by atoms with Crippen molar-refractivity contribution in [3.05, 3.63) is 35.5 Å². The second-order valence-corrected chi connectivity index (χ2v) is 6.39. The predicted octanol–water partition coefficient (Wildman–Crippen LogP) is 4.00. The number of rotatable bonds is 4. The zero-order chi connectivity index (χ0) is 16.2. The fourth-order valence-electron chi connectivity index (χ4n) is 3.36. The van der Waals surface area contributed by atoms with Crippen LogP contribution in [0.25, 0.3) is 0 Å². The van der Waals surface area contributed by atoms with Gasteiger partial charge in [0.25, 0.3) is 0 Å². The van der Waals surface area contributed by atoms with Crippen LogP contribution in [0, 0.1) is 13.8 Å². The highest BCUT2D eigenvalue weighted by Crippen LogP contribution is 2.25. The van der Waals surface area contributed by atoms with Crippen LogP contribution in [-0.2, 0) is 0 Å². The molecule has 0 amide bonds. The molecule has 23 heavy (non-hydrogen) atoms. The first-order valence-corrected chi connectivity index (χ1v) is 8.47. The van der Waals surface area contributed by atoms with Crippen LogP contribution in [0.1, 0.15) is 43.7 Å². The Morgan fingerprint density at radius 3 is 2.70 bits per heavy atom. The third-order valence-electron chi connectivity index (χ3n) is 4.40. The van der Waals surface area contributed by atoms with Gasteiger partial charge in [-0.2, -0.15) is 10.1 Å². The van der Waals surface area contributed by atoms with E-state index in [1.165, 1.54) is 30.4 Å². The zero-order valence-electron chi connectivity index (χ0n) is 14.2. The molecule has 0 bridgehead atoms. The summed E-state index contributed by atoms with van der Waals surface area (Å²) in [4.78, 5) is 7.00. The van der Waals surface area contributed by atoms with E-state index in [2.05, 4.69) is 59.4 Å². The van der Waals surface area contributed by atoms with Crippen molar-refractivity contribution in [3.8, 4) is 0 Å². The third-order valence-corrected chi connectivity index (χ3v) is 4.40. The minimum atomic E-state index is 0.530. The lowest BCUT2D eigenvalue weighted by molar-refractivity contribution is 0.442. The topological polar surface area (TPSA) is 53.9 Å². The van der Waals surface area contributed by atoms with Gasteiger partial charge in [-0.1, -0.05) is 13.0 Å². The first-order valence-electron chi connectivity index (χ1n) is 8.47. The average Bonchev–Trinajstić information content (AvgIpc) is 2.54. The molecule has 1 aromatic carbocycles. The van der Waals surface area contributed by atoms with Crippen molar-refractivity contribution in [3.63, 3.8) is 0 Å². The van der Waals surface area contributed by atoms with Gasteiger partial charge in [0.15, 0.2) is 5.82 Å². The molecule has 1 fully saturated rings. The summed E-state index contributed by atoms with van der Waals surface area (Å²) in [6, 6.07) is 6.92. The van der Waals surface area contributed by atoms with Gasteiger partial charge in [0, 0.05) is 18.3 Å². The molecule has 122 valence electrons. The number of anilines is 3. The Hall–Kier alpha value is -2.17. The quantitative estimate of drug-likeness (QED) is 0.925. The maximum Gasteiger partial charge on any atom is 0.247 e. The van der Waals surface area contributed by atoms with Gasteiger partial charge < -0.3 is 10.2 Å². The smallest absolute Gasteiger partial charge is 0.247 e. The average molecular weight is 311 g/mol. The molecule has 0 aliphatic carbocycles. The van der Waals surface area contributed by atoms with Crippen LogP contribution in [0.3, 0.4) is 0 Å². The minimum absolute atomic E-state index is 0.530. The Morgan fingerprint density at radius 1 is 1.17 bits per heavy atom. The molecule has 1 aromatic heterocycles. The molecule has 1 atom stereocenters. The van der Waals surface area contributed by atoms with Crippen LogP contribution in [0.15, 0.2) is 24.4 Å². The van der Waals surface area contributed by atoms with Crippen molar-refractivity contribution < 1.29 is 0 Å². The van der Waals surface area contributed by atoms with Gasteiger partial charge >= 0.3 is 0 Å². The SMILES string of the molecule is CCC1CCCCN1c1nncc(Nc2cc(C)cc(C)c2)n1. The van der Waals surface area contributed by atoms with E-state index < -0.39 is 0 Å². The fourth-order valence-corrected chi connectivity index (χ4v) is 3.36. The summed E-state index contributed by atoms with van der Waals surface area (Å²) in [7, 11) is 0. The predicted molar refractivity (Wildman–Crippen MR) is 94.3 cm³/mol. The van der Waals surface area contributed by atoms with Gasteiger partial charge in [-0.25, -0.2) is 0 Å². The van der Waals surface area contributed by atoms with Crippen molar-refractivity contribution in [2.45, 2.75) is 52.5 Å². The van der Waals surface area contributed by atoms with Crippen LogP contribution in [0.2, 0.25) is 0 Å². The molecule has 1 unspecified atom stereocenters. The molecule has 0 radical (unpaired) electrons. The van der Waals surface area contributed by atoms with E-state index in [0.29, 0.717) is 6.04 Å². The van der Waals surface area contributed by atoms with Gasteiger partial charge in [-0.3, -0.25) is 0 Å². The molecular weight excluding hydrogens is 286 g/mol. The number of hydrogen-bond acceptors (Lipinski definition) is 5. The van der Waals surface area contributed by atoms with Crippen molar-refractivity contribution >= 4 is 17.5 Å². The Kier molecular flexibility index (Phi) is 4.74.